The van der Waals surface area contributed by atoms with Crippen molar-refractivity contribution in [2.24, 2.45) is 0 Å². The number of nitriles is 1. The highest BCUT2D eigenvalue weighted by Gasteiger charge is 2.23. The molecule has 0 radical (unpaired) electrons. The van der Waals surface area contributed by atoms with Crippen molar-refractivity contribution >= 4 is 49.3 Å². The molecular formula is C53H36N4. The Morgan fingerprint density at radius 1 is 0.439 bits per heavy atom. The number of fused-ring (bicyclic) bond motifs is 6. The lowest BCUT2D eigenvalue weighted by molar-refractivity contribution is 1.10. The standard InChI is InChI=1S/C53H36N4/c1-33-11-9-13-37(24-33)39-19-21-44-42-15-5-7-17-48(42)56(50(44)28-39)52-30-46(41-26-35(3)23-36(27-41)32-54)47(55-4)31-53(52)57-49-18-8-6-16-43(49)45-22-20-40(29-51(45)57)38-14-10-12-34(2)25-38/h5-31H,1-3H3. The van der Waals surface area contributed by atoms with Crippen LogP contribution in [0.4, 0.5) is 5.69 Å². The highest BCUT2D eigenvalue weighted by atomic mass is 15.1. The van der Waals surface area contributed by atoms with E-state index in [2.05, 4.69) is 186 Å². The van der Waals surface area contributed by atoms with Crippen LogP contribution >= 0.6 is 0 Å². The van der Waals surface area contributed by atoms with Crippen molar-refractivity contribution in [2.75, 3.05) is 0 Å². The van der Waals surface area contributed by atoms with Crippen LogP contribution in [0.2, 0.25) is 0 Å². The van der Waals surface area contributed by atoms with E-state index >= 15 is 0 Å². The van der Waals surface area contributed by atoms with Gasteiger partial charge in [0.25, 0.3) is 0 Å². The van der Waals surface area contributed by atoms with Crippen LogP contribution in [0.1, 0.15) is 22.3 Å². The maximum atomic E-state index is 10.0. The SMILES string of the molecule is [C-]#[N+]c1cc(-n2c3ccccc3c3ccc(-c4cccc(C)c4)cc32)c(-n2c3ccccc3c3ccc(-c4cccc(C)c4)cc32)cc1-c1cc(C)cc(C#N)c1. The highest BCUT2D eigenvalue weighted by Crippen LogP contribution is 2.44. The number of para-hydroxylation sites is 2. The van der Waals surface area contributed by atoms with Crippen LogP contribution in [0.3, 0.4) is 0 Å². The molecule has 0 aliphatic carbocycles. The zero-order valence-corrected chi connectivity index (χ0v) is 31.9. The molecule has 4 heteroatoms. The fourth-order valence-electron chi connectivity index (χ4n) is 8.72. The minimum absolute atomic E-state index is 0.519. The summed E-state index contributed by atoms with van der Waals surface area (Å²) in [6.07, 6.45) is 0. The van der Waals surface area contributed by atoms with Crippen molar-refractivity contribution in [2.45, 2.75) is 20.8 Å². The van der Waals surface area contributed by atoms with Crippen LogP contribution < -0.4 is 0 Å². The molecular weight excluding hydrogens is 693 g/mol. The minimum atomic E-state index is 0.519. The minimum Gasteiger partial charge on any atom is -0.308 e. The predicted molar refractivity (Wildman–Crippen MR) is 237 cm³/mol. The van der Waals surface area contributed by atoms with E-state index < -0.39 is 0 Å². The van der Waals surface area contributed by atoms with Crippen molar-refractivity contribution in [1.29, 1.82) is 5.26 Å². The molecule has 0 saturated carbocycles. The summed E-state index contributed by atoms with van der Waals surface area (Å²) in [5, 5.41) is 14.6. The van der Waals surface area contributed by atoms with Gasteiger partial charge < -0.3 is 9.13 Å². The van der Waals surface area contributed by atoms with Gasteiger partial charge in [-0.1, -0.05) is 126 Å². The Balaban J connectivity index is 1.37. The quantitative estimate of drug-likeness (QED) is 0.163. The lowest BCUT2D eigenvalue weighted by Gasteiger charge is -2.20. The Labute approximate surface area is 331 Å². The largest absolute Gasteiger partial charge is 0.308 e. The monoisotopic (exact) mass is 728 g/mol. The molecule has 2 heterocycles. The Morgan fingerprint density at radius 3 is 1.46 bits per heavy atom. The first-order valence-electron chi connectivity index (χ1n) is 19.2. The van der Waals surface area contributed by atoms with E-state index in [1.54, 1.807) is 0 Å². The van der Waals surface area contributed by atoms with Gasteiger partial charge >= 0.3 is 0 Å². The maximum absolute atomic E-state index is 10.0. The summed E-state index contributed by atoms with van der Waals surface area (Å²) in [4.78, 5) is 4.19. The normalized spacial score (nSPS) is 11.4. The average Bonchev–Trinajstić information content (AvgIpc) is 3.75. The Kier molecular flexibility index (Phi) is 7.89. The molecule has 57 heavy (non-hydrogen) atoms. The molecule has 10 aromatic rings. The number of aryl methyl sites for hydroxylation is 3. The molecule has 10 rings (SSSR count). The lowest BCUT2D eigenvalue weighted by Crippen LogP contribution is -2.04. The van der Waals surface area contributed by atoms with Gasteiger partial charge in [-0.05, 0) is 108 Å². The molecule has 4 nitrogen and oxygen atoms in total. The van der Waals surface area contributed by atoms with Crippen LogP contribution in [0.25, 0.3) is 93.2 Å². The molecule has 0 aliphatic rings. The molecule has 2 aromatic heterocycles. The van der Waals surface area contributed by atoms with Crippen LogP contribution in [-0.4, -0.2) is 9.13 Å². The van der Waals surface area contributed by atoms with E-state index in [4.69, 9.17) is 6.57 Å². The second kappa shape index (κ2) is 13.3. The summed E-state index contributed by atoms with van der Waals surface area (Å²) in [5.74, 6) is 0. The molecule has 0 bridgehead atoms. The van der Waals surface area contributed by atoms with E-state index in [1.807, 2.05) is 19.1 Å². The summed E-state index contributed by atoms with van der Waals surface area (Å²) in [6.45, 7) is 14.9. The van der Waals surface area contributed by atoms with Gasteiger partial charge in [-0.2, -0.15) is 5.26 Å². The van der Waals surface area contributed by atoms with Crippen molar-refractivity contribution in [1.82, 2.24) is 9.13 Å². The lowest BCUT2D eigenvalue weighted by atomic mass is 9.97. The first kappa shape index (κ1) is 33.9. The van der Waals surface area contributed by atoms with Gasteiger partial charge in [-0.15, -0.1) is 0 Å². The third kappa shape index (κ3) is 5.58. The summed E-state index contributed by atoms with van der Waals surface area (Å²) in [7, 11) is 0. The molecule has 0 atom stereocenters. The third-order valence-electron chi connectivity index (χ3n) is 11.3. The molecule has 0 fully saturated rings. The van der Waals surface area contributed by atoms with Crippen molar-refractivity contribution in [3.63, 3.8) is 0 Å². The summed E-state index contributed by atoms with van der Waals surface area (Å²) >= 11 is 0. The van der Waals surface area contributed by atoms with Crippen LogP contribution in [0.5, 0.6) is 0 Å². The molecule has 268 valence electrons. The first-order chi connectivity index (χ1) is 27.9. The first-order valence-corrected chi connectivity index (χ1v) is 19.2. The van der Waals surface area contributed by atoms with E-state index in [1.165, 1.54) is 11.1 Å². The molecule has 0 N–H and O–H groups in total. The molecule has 0 spiro atoms. The Hall–Kier alpha value is -7.66. The van der Waals surface area contributed by atoms with Crippen LogP contribution in [0, 0.1) is 38.7 Å². The zero-order valence-electron chi connectivity index (χ0n) is 31.9. The van der Waals surface area contributed by atoms with E-state index in [0.717, 1.165) is 93.9 Å². The average molecular weight is 729 g/mol. The van der Waals surface area contributed by atoms with E-state index in [0.29, 0.717) is 11.3 Å². The molecule has 0 saturated heterocycles. The predicted octanol–water partition coefficient (Wildman–Crippen LogP) is 14.2. The molecule has 8 aromatic carbocycles. The van der Waals surface area contributed by atoms with E-state index in [9.17, 15) is 5.26 Å². The second-order valence-electron chi connectivity index (χ2n) is 15.1. The van der Waals surface area contributed by atoms with Gasteiger partial charge in [0.05, 0.1) is 51.6 Å². The van der Waals surface area contributed by atoms with Gasteiger partial charge in [0, 0.05) is 21.5 Å². The van der Waals surface area contributed by atoms with Gasteiger partial charge in [0.15, 0.2) is 5.69 Å². The Morgan fingerprint density at radius 2 is 0.930 bits per heavy atom. The summed E-state index contributed by atoms with van der Waals surface area (Å²) in [6, 6.07) is 60.4. The Bertz CT molecular complexity index is 3360. The maximum Gasteiger partial charge on any atom is 0.197 e. The van der Waals surface area contributed by atoms with Crippen molar-refractivity contribution < 1.29 is 0 Å². The fourth-order valence-corrected chi connectivity index (χ4v) is 8.72. The van der Waals surface area contributed by atoms with Gasteiger partial charge in [0.2, 0.25) is 0 Å². The smallest absolute Gasteiger partial charge is 0.197 e. The number of hydrogen-bond donors (Lipinski definition) is 0. The second-order valence-corrected chi connectivity index (χ2v) is 15.1. The summed E-state index contributed by atoms with van der Waals surface area (Å²) in [5.41, 5.74) is 16.8. The molecule has 0 unspecified atom stereocenters. The highest BCUT2D eigenvalue weighted by molar-refractivity contribution is 6.13. The number of rotatable bonds is 5. The number of benzene rings is 8. The van der Waals surface area contributed by atoms with Gasteiger partial charge in [0.1, 0.15) is 0 Å². The van der Waals surface area contributed by atoms with Gasteiger partial charge in [-0.25, -0.2) is 4.85 Å². The van der Waals surface area contributed by atoms with Crippen molar-refractivity contribution in [3.05, 3.63) is 197 Å². The topological polar surface area (TPSA) is 38.0 Å². The number of hydrogen-bond acceptors (Lipinski definition) is 1. The van der Waals surface area contributed by atoms with Crippen LogP contribution in [0.15, 0.2) is 164 Å². The molecule has 0 amide bonds. The zero-order chi connectivity index (χ0) is 38.8. The van der Waals surface area contributed by atoms with Crippen molar-refractivity contribution in [3.8, 4) is 50.8 Å². The summed E-state index contributed by atoms with van der Waals surface area (Å²) < 4.78 is 4.72. The number of nitrogens with zero attached hydrogens (tertiary/aromatic N) is 4. The van der Waals surface area contributed by atoms with Gasteiger partial charge in [-0.3, -0.25) is 0 Å². The van der Waals surface area contributed by atoms with Crippen LogP contribution in [-0.2, 0) is 0 Å². The van der Waals surface area contributed by atoms with E-state index in [-0.39, 0.29) is 0 Å². The number of aromatic nitrogens is 2. The third-order valence-corrected chi connectivity index (χ3v) is 11.3. The molecule has 0 aliphatic heterocycles. The fraction of sp³-hybridized carbons (Fsp3) is 0.0566.